The molecule has 0 aliphatic heterocycles. The number of nitrogens with zero attached hydrogens (tertiary/aromatic N) is 1. The molecule has 0 heterocycles. The summed E-state index contributed by atoms with van der Waals surface area (Å²) in [6.45, 7) is 6.92. The van der Waals surface area contributed by atoms with Crippen LogP contribution in [-0.2, 0) is 4.74 Å². The number of hydrogen-bond acceptors (Lipinski definition) is 2. The summed E-state index contributed by atoms with van der Waals surface area (Å²) in [5.41, 5.74) is 0. The van der Waals surface area contributed by atoms with E-state index in [1.165, 1.54) is 12.8 Å². The van der Waals surface area contributed by atoms with Gasteiger partial charge in [-0.25, -0.2) is 0 Å². The van der Waals surface area contributed by atoms with Crippen LogP contribution in [0, 0.1) is 0 Å². The first-order chi connectivity index (χ1) is 6.22. The van der Waals surface area contributed by atoms with Crippen molar-refractivity contribution in [3.63, 3.8) is 0 Å². The molecule has 0 aromatic heterocycles. The Morgan fingerprint density at radius 1 is 1.38 bits per heavy atom. The highest BCUT2D eigenvalue weighted by Crippen LogP contribution is 2.02. The zero-order chi connectivity index (χ0) is 10.1. The largest absolute Gasteiger partial charge is 0.379 e. The Kier molecular flexibility index (Phi) is 8.93. The predicted molar refractivity (Wildman–Crippen MR) is 58.5 cm³/mol. The molecule has 0 saturated heterocycles. The van der Waals surface area contributed by atoms with Gasteiger partial charge in [0.05, 0.1) is 13.2 Å². The quantitative estimate of drug-likeness (QED) is 0.448. The van der Waals surface area contributed by atoms with Crippen molar-refractivity contribution in [2.45, 2.75) is 32.7 Å². The lowest BCUT2D eigenvalue weighted by Crippen LogP contribution is -2.32. The molecule has 0 aromatic rings. The predicted octanol–water partition coefficient (Wildman–Crippen LogP) is 2.36. The van der Waals surface area contributed by atoms with Crippen LogP contribution in [0.4, 0.5) is 0 Å². The van der Waals surface area contributed by atoms with E-state index in [1.807, 2.05) is 0 Å². The van der Waals surface area contributed by atoms with Crippen LogP contribution in [0.1, 0.15) is 26.7 Å². The standard InChI is InChI=1S/C10H22ClNO/c1-4-5-10(2)12(3)7-9-13-8-6-11/h10H,4-9H2,1-3H3. The van der Waals surface area contributed by atoms with Crippen LogP contribution in [-0.4, -0.2) is 43.6 Å². The number of likely N-dealkylation sites (N-methyl/N-ethyl adjacent to an activating group) is 1. The molecule has 1 atom stereocenters. The molecule has 0 bridgehead atoms. The first-order valence-corrected chi connectivity index (χ1v) is 5.59. The second-order valence-corrected chi connectivity index (χ2v) is 3.80. The van der Waals surface area contributed by atoms with Gasteiger partial charge >= 0.3 is 0 Å². The molecule has 0 aliphatic rings. The number of hydrogen-bond donors (Lipinski definition) is 0. The minimum Gasteiger partial charge on any atom is -0.379 e. The molecule has 2 nitrogen and oxygen atoms in total. The topological polar surface area (TPSA) is 12.5 Å². The summed E-state index contributed by atoms with van der Waals surface area (Å²) in [5, 5.41) is 0. The van der Waals surface area contributed by atoms with Gasteiger partial charge in [0.1, 0.15) is 0 Å². The third kappa shape index (κ3) is 7.29. The number of halogens is 1. The Balaban J connectivity index is 3.32. The first kappa shape index (κ1) is 13.2. The Hall–Kier alpha value is 0.210. The molecule has 80 valence electrons. The third-order valence-corrected chi connectivity index (χ3v) is 2.42. The average molecular weight is 208 g/mol. The molecule has 0 spiro atoms. The van der Waals surface area contributed by atoms with E-state index in [0.29, 0.717) is 18.5 Å². The Bertz CT molecular complexity index is 111. The zero-order valence-corrected chi connectivity index (χ0v) is 9.81. The van der Waals surface area contributed by atoms with Crippen LogP contribution in [0.25, 0.3) is 0 Å². The summed E-state index contributed by atoms with van der Waals surface area (Å²) in [7, 11) is 2.14. The molecule has 0 aliphatic carbocycles. The first-order valence-electron chi connectivity index (χ1n) is 5.06. The van der Waals surface area contributed by atoms with Gasteiger partial charge < -0.3 is 9.64 Å². The molecule has 0 N–H and O–H groups in total. The third-order valence-electron chi connectivity index (χ3n) is 2.27. The van der Waals surface area contributed by atoms with Crippen LogP contribution in [0.2, 0.25) is 0 Å². The Morgan fingerprint density at radius 2 is 2.08 bits per heavy atom. The molecule has 13 heavy (non-hydrogen) atoms. The van der Waals surface area contributed by atoms with Crippen LogP contribution in [0.15, 0.2) is 0 Å². The van der Waals surface area contributed by atoms with Crippen LogP contribution < -0.4 is 0 Å². The van der Waals surface area contributed by atoms with E-state index in [9.17, 15) is 0 Å². The fraction of sp³-hybridized carbons (Fsp3) is 1.00. The van der Waals surface area contributed by atoms with Gasteiger partial charge in [0, 0.05) is 18.5 Å². The van der Waals surface area contributed by atoms with Crippen molar-refractivity contribution in [3.05, 3.63) is 0 Å². The lowest BCUT2D eigenvalue weighted by Gasteiger charge is -2.23. The average Bonchev–Trinajstić information content (AvgIpc) is 2.12. The van der Waals surface area contributed by atoms with Gasteiger partial charge in [-0.15, -0.1) is 11.6 Å². The van der Waals surface area contributed by atoms with Crippen molar-refractivity contribution in [1.82, 2.24) is 4.90 Å². The van der Waals surface area contributed by atoms with Crippen molar-refractivity contribution in [1.29, 1.82) is 0 Å². The summed E-state index contributed by atoms with van der Waals surface area (Å²) < 4.78 is 5.31. The Labute approximate surface area is 87.2 Å². The molecule has 0 amide bonds. The molecule has 0 rings (SSSR count). The van der Waals surface area contributed by atoms with Crippen LogP contribution in [0.3, 0.4) is 0 Å². The number of ether oxygens (including phenoxy) is 1. The van der Waals surface area contributed by atoms with Crippen LogP contribution >= 0.6 is 11.6 Å². The number of rotatable bonds is 8. The van der Waals surface area contributed by atoms with Gasteiger partial charge in [-0.3, -0.25) is 0 Å². The van der Waals surface area contributed by atoms with E-state index >= 15 is 0 Å². The van der Waals surface area contributed by atoms with Crippen molar-refractivity contribution < 1.29 is 4.74 Å². The SMILES string of the molecule is CCCC(C)N(C)CCOCCCl. The van der Waals surface area contributed by atoms with E-state index in [-0.39, 0.29) is 0 Å². The lowest BCUT2D eigenvalue weighted by molar-refractivity contribution is 0.109. The molecule has 3 heteroatoms. The molecule has 0 radical (unpaired) electrons. The van der Waals surface area contributed by atoms with E-state index in [2.05, 4.69) is 25.8 Å². The normalized spacial score (nSPS) is 13.6. The summed E-state index contributed by atoms with van der Waals surface area (Å²) in [6, 6.07) is 0.657. The summed E-state index contributed by atoms with van der Waals surface area (Å²) in [4.78, 5) is 2.33. The molecular formula is C10H22ClNO. The summed E-state index contributed by atoms with van der Waals surface area (Å²) in [5.74, 6) is 0.591. The van der Waals surface area contributed by atoms with Gasteiger partial charge in [0.25, 0.3) is 0 Å². The van der Waals surface area contributed by atoms with Gasteiger partial charge in [0.15, 0.2) is 0 Å². The van der Waals surface area contributed by atoms with Gasteiger partial charge in [-0.05, 0) is 20.4 Å². The monoisotopic (exact) mass is 207 g/mol. The van der Waals surface area contributed by atoms with Gasteiger partial charge in [0.2, 0.25) is 0 Å². The van der Waals surface area contributed by atoms with Crippen LogP contribution in [0.5, 0.6) is 0 Å². The number of alkyl halides is 1. The highest BCUT2D eigenvalue weighted by atomic mass is 35.5. The fourth-order valence-corrected chi connectivity index (χ4v) is 1.33. The zero-order valence-electron chi connectivity index (χ0n) is 9.05. The minimum absolute atomic E-state index is 0.591. The molecule has 1 unspecified atom stereocenters. The molecular weight excluding hydrogens is 186 g/mol. The highest BCUT2D eigenvalue weighted by molar-refractivity contribution is 6.17. The summed E-state index contributed by atoms with van der Waals surface area (Å²) in [6.07, 6.45) is 2.50. The van der Waals surface area contributed by atoms with E-state index < -0.39 is 0 Å². The second-order valence-electron chi connectivity index (χ2n) is 3.42. The lowest BCUT2D eigenvalue weighted by atomic mass is 10.2. The molecule has 0 aromatic carbocycles. The van der Waals surface area contributed by atoms with E-state index in [4.69, 9.17) is 16.3 Å². The fourth-order valence-electron chi connectivity index (χ4n) is 1.22. The van der Waals surface area contributed by atoms with Crippen molar-refractivity contribution in [2.75, 3.05) is 32.7 Å². The smallest absolute Gasteiger partial charge is 0.0602 e. The van der Waals surface area contributed by atoms with E-state index in [0.717, 1.165) is 13.2 Å². The maximum Gasteiger partial charge on any atom is 0.0602 e. The summed E-state index contributed by atoms with van der Waals surface area (Å²) >= 11 is 5.49. The Morgan fingerprint density at radius 3 is 2.62 bits per heavy atom. The van der Waals surface area contributed by atoms with Gasteiger partial charge in [-0.1, -0.05) is 13.3 Å². The minimum atomic E-state index is 0.591. The van der Waals surface area contributed by atoms with Crippen molar-refractivity contribution in [3.8, 4) is 0 Å². The second kappa shape index (κ2) is 8.79. The van der Waals surface area contributed by atoms with Crippen molar-refractivity contribution >= 4 is 11.6 Å². The molecule has 0 saturated carbocycles. The molecule has 0 fully saturated rings. The van der Waals surface area contributed by atoms with E-state index in [1.54, 1.807) is 0 Å². The maximum absolute atomic E-state index is 5.49. The maximum atomic E-state index is 5.49. The highest BCUT2D eigenvalue weighted by Gasteiger charge is 2.06. The van der Waals surface area contributed by atoms with Gasteiger partial charge in [-0.2, -0.15) is 0 Å². The van der Waals surface area contributed by atoms with Crippen molar-refractivity contribution in [2.24, 2.45) is 0 Å².